The molecule has 56 heavy (non-hydrogen) atoms. The largest absolute Gasteiger partial charge is 0.456 e. The Morgan fingerprint density at radius 3 is 1.82 bits per heavy atom. The predicted molar refractivity (Wildman–Crippen MR) is 225 cm³/mol. The van der Waals surface area contributed by atoms with E-state index in [1.807, 2.05) is 42.5 Å². The van der Waals surface area contributed by atoms with Crippen LogP contribution in [0.3, 0.4) is 0 Å². The number of ether oxygens (including phenoxy) is 1. The number of allylic oxidation sites excluding steroid dienone is 4. The lowest BCUT2D eigenvalue weighted by Crippen LogP contribution is -2.33. The van der Waals surface area contributed by atoms with Gasteiger partial charge in [-0.1, -0.05) is 176 Å². The van der Waals surface area contributed by atoms with Gasteiger partial charge < -0.3 is 4.74 Å². The van der Waals surface area contributed by atoms with Crippen LogP contribution in [0.1, 0.15) is 35.1 Å². The average Bonchev–Trinajstić information content (AvgIpc) is 3.57. The number of fused-ring (bicyclic) bond motifs is 8. The second-order valence-electron chi connectivity index (χ2n) is 14.6. The maximum absolute atomic E-state index is 7.02. The first-order valence-corrected chi connectivity index (χ1v) is 19.3. The van der Waals surface area contributed by atoms with Crippen LogP contribution in [0.2, 0.25) is 0 Å². The quantitative estimate of drug-likeness (QED) is 0.178. The van der Waals surface area contributed by atoms with E-state index >= 15 is 0 Å². The van der Waals surface area contributed by atoms with E-state index in [1.54, 1.807) is 0 Å². The minimum atomic E-state index is -0.450. The summed E-state index contributed by atoms with van der Waals surface area (Å²) in [6.45, 7) is 0. The van der Waals surface area contributed by atoms with Crippen molar-refractivity contribution in [3.05, 3.63) is 216 Å². The molecule has 0 bridgehead atoms. The maximum Gasteiger partial charge on any atom is 0.164 e. The molecule has 4 heteroatoms. The second kappa shape index (κ2) is 13.0. The van der Waals surface area contributed by atoms with Crippen molar-refractivity contribution in [2.24, 2.45) is 0 Å². The Bertz CT molecular complexity index is 2890. The number of para-hydroxylation sites is 2. The van der Waals surface area contributed by atoms with Crippen LogP contribution in [0, 0.1) is 0 Å². The molecule has 8 aromatic rings. The molecule has 0 N–H and O–H groups in total. The van der Waals surface area contributed by atoms with Crippen molar-refractivity contribution < 1.29 is 4.74 Å². The monoisotopic (exact) mass is 717 g/mol. The molecule has 1 spiro atoms. The minimum absolute atomic E-state index is 0.450. The highest BCUT2D eigenvalue weighted by molar-refractivity contribution is 5.93. The zero-order valence-electron chi connectivity index (χ0n) is 30.6. The number of benzene rings is 7. The van der Waals surface area contributed by atoms with Gasteiger partial charge in [-0.2, -0.15) is 0 Å². The molecule has 264 valence electrons. The first kappa shape index (κ1) is 32.3. The lowest BCUT2D eigenvalue weighted by atomic mass is 9.63. The van der Waals surface area contributed by atoms with Gasteiger partial charge in [-0.15, -0.1) is 0 Å². The molecule has 11 rings (SSSR count). The van der Waals surface area contributed by atoms with E-state index < -0.39 is 5.41 Å². The number of hydrogen-bond donors (Lipinski definition) is 0. The molecular formula is C52H35N3O. The van der Waals surface area contributed by atoms with E-state index in [-0.39, 0.29) is 0 Å². The Kier molecular flexibility index (Phi) is 7.49. The molecule has 1 aromatic heterocycles. The van der Waals surface area contributed by atoms with Crippen molar-refractivity contribution in [1.29, 1.82) is 0 Å². The third-order valence-corrected chi connectivity index (χ3v) is 11.5. The van der Waals surface area contributed by atoms with Gasteiger partial charge in [0.15, 0.2) is 17.5 Å². The minimum Gasteiger partial charge on any atom is -0.456 e. The highest BCUT2D eigenvalue weighted by Gasteiger charge is 2.52. The zero-order valence-corrected chi connectivity index (χ0v) is 30.6. The van der Waals surface area contributed by atoms with E-state index in [4.69, 9.17) is 19.7 Å². The molecule has 7 aromatic carbocycles. The van der Waals surface area contributed by atoms with Crippen LogP contribution in [0.15, 0.2) is 194 Å². The van der Waals surface area contributed by atoms with Crippen LogP contribution in [0.5, 0.6) is 11.5 Å². The van der Waals surface area contributed by atoms with Crippen molar-refractivity contribution in [2.75, 3.05) is 0 Å². The SMILES string of the molecule is C1=CC2=C(CC1)C1(c3ccccc3Oc3c(-c4cccc(-c5nc(-c6ccccc6)nc(-c6ccccc6-c6ccccc6)n5)c4)cccc31)c1ccccc12. The number of hydrogen-bond acceptors (Lipinski definition) is 4. The molecule has 2 heterocycles. The average molecular weight is 718 g/mol. The fourth-order valence-corrected chi connectivity index (χ4v) is 9.13. The summed E-state index contributed by atoms with van der Waals surface area (Å²) in [5, 5.41) is 0. The van der Waals surface area contributed by atoms with E-state index in [9.17, 15) is 0 Å². The van der Waals surface area contributed by atoms with Crippen LogP contribution in [-0.4, -0.2) is 15.0 Å². The van der Waals surface area contributed by atoms with Crippen LogP contribution in [0.4, 0.5) is 0 Å². The summed E-state index contributed by atoms with van der Waals surface area (Å²) in [6.07, 6.45) is 6.66. The summed E-state index contributed by atoms with van der Waals surface area (Å²) < 4.78 is 7.02. The Balaban J connectivity index is 1.10. The summed E-state index contributed by atoms with van der Waals surface area (Å²) in [5.41, 5.74) is 14.4. The highest BCUT2D eigenvalue weighted by Crippen LogP contribution is 2.63. The predicted octanol–water partition coefficient (Wildman–Crippen LogP) is 12.8. The Morgan fingerprint density at radius 1 is 0.429 bits per heavy atom. The van der Waals surface area contributed by atoms with E-state index in [0.717, 1.165) is 63.3 Å². The Labute approximate surface area is 326 Å². The topological polar surface area (TPSA) is 47.9 Å². The normalized spacial score (nSPS) is 16.1. The fraction of sp³-hybridized carbons (Fsp3) is 0.0577. The van der Waals surface area contributed by atoms with Gasteiger partial charge in [-0.3, -0.25) is 0 Å². The molecule has 0 radical (unpaired) electrons. The van der Waals surface area contributed by atoms with E-state index in [2.05, 4.69) is 146 Å². The number of rotatable bonds is 5. The van der Waals surface area contributed by atoms with Crippen LogP contribution >= 0.6 is 0 Å². The summed E-state index contributed by atoms with van der Waals surface area (Å²) in [7, 11) is 0. The van der Waals surface area contributed by atoms with Crippen molar-refractivity contribution in [3.63, 3.8) is 0 Å². The molecular weight excluding hydrogens is 683 g/mol. The lowest BCUT2D eigenvalue weighted by molar-refractivity contribution is 0.433. The number of aromatic nitrogens is 3. The van der Waals surface area contributed by atoms with E-state index in [0.29, 0.717) is 17.5 Å². The molecule has 0 saturated carbocycles. The summed E-state index contributed by atoms with van der Waals surface area (Å²) in [4.78, 5) is 15.4. The van der Waals surface area contributed by atoms with Gasteiger partial charge in [0.2, 0.25) is 0 Å². The van der Waals surface area contributed by atoms with Gasteiger partial charge in [0.05, 0.1) is 5.41 Å². The zero-order chi connectivity index (χ0) is 37.1. The van der Waals surface area contributed by atoms with Gasteiger partial charge in [0.1, 0.15) is 11.5 Å². The first-order valence-electron chi connectivity index (χ1n) is 19.3. The second-order valence-corrected chi connectivity index (χ2v) is 14.6. The molecule has 1 aliphatic heterocycles. The van der Waals surface area contributed by atoms with Gasteiger partial charge in [0.25, 0.3) is 0 Å². The molecule has 4 nitrogen and oxygen atoms in total. The first-order chi connectivity index (χ1) is 27.8. The summed E-state index contributed by atoms with van der Waals surface area (Å²) in [5.74, 6) is 3.65. The molecule has 3 aliphatic rings. The Morgan fingerprint density at radius 2 is 1.00 bits per heavy atom. The standard InChI is InChI=1S/C52H35N3O/c1-3-17-34(18-4-1)38-23-7-8-26-42(38)51-54-49(35-19-5-2-6-20-35)53-50(55-51)37-22-15-21-36(33-37)39-27-16-31-46-48(39)56-47-32-14-13-30-45(47)52(46)43-28-11-9-24-40(43)41-25-10-12-29-44(41)52/h1-11,13-28,30-33H,12,29H2. The van der Waals surface area contributed by atoms with Crippen LogP contribution < -0.4 is 4.74 Å². The third-order valence-electron chi connectivity index (χ3n) is 11.5. The maximum atomic E-state index is 7.02. The third kappa shape index (κ3) is 4.96. The van der Waals surface area contributed by atoms with Crippen LogP contribution in [0.25, 0.3) is 62.0 Å². The van der Waals surface area contributed by atoms with Gasteiger partial charge in [-0.25, -0.2) is 15.0 Å². The van der Waals surface area contributed by atoms with Crippen molar-refractivity contribution in [3.8, 4) is 67.9 Å². The smallest absolute Gasteiger partial charge is 0.164 e. The molecule has 1 atom stereocenters. The molecule has 0 amide bonds. The highest BCUT2D eigenvalue weighted by atomic mass is 16.5. The van der Waals surface area contributed by atoms with Crippen molar-refractivity contribution in [2.45, 2.75) is 18.3 Å². The fourth-order valence-electron chi connectivity index (χ4n) is 9.13. The van der Waals surface area contributed by atoms with Gasteiger partial charge >= 0.3 is 0 Å². The summed E-state index contributed by atoms with van der Waals surface area (Å²) >= 11 is 0. The Hall–Kier alpha value is -7.17. The van der Waals surface area contributed by atoms with E-state index in [1.165, 1.54) is 33.4 Å². The molecule has 1 unspecified atom stereocenters. The van der Waals surface area contributed by atoms with Crippen LogP contribution in [-0.2, 0) is 5.41 Å². The molecule has 0 fully saturated rings. The molecule has 2 aliphatic carbocycles. The summed E-state index contributed by atoms with van der Waals surface area (Å²) in [6, 6.07) is 61.6. The van der Waals surface area contributed by atoms with Gasteiger partial charge in [-0.05, 0) is 63.9 Å². The van der Waals surface area contributed by atoms with Crippen molar-refractivity contribution >= 4 is 5.57 Å². The molecule has 0 saturated heterocycles. The van der Waals surface area contributed by atoms with Crippen molar-refractivity contribution in [1.82, 2.24) is 15.0 Å². The lowest BCUT2D eigenvalue weighted by Gasteiger charge is -2.41. The number of nitrogens with zero attached hydrogens (tertiary/aromatic N) is 3. The van der Waals surface area contributed by atoms with Gasteiger partial charge in [0, 0.05) is 33.4 Å².